The zero-order valence-corrected chi connectivity index (χ0v) is 13.6. The molecule has 1 saturated heterocycles. The van der Waals surface area contributed by atoms with Crippen molar-refractivity contribution in [3.8, 4) is 6.07 Å². The van der Waals surface area contributed by atoms with Gasteiger partial charge in [0, 0.05) is 25.9 Å². The molecule has 0 aromatic heterocycles. The lowest BCUT2D eigenvalue weighted by atomic mass is 9.69. The molecule has 1 aliphatic carbocycles. The zero-order valence-electron chi connectivity index (χ0n) is 13.6. The molecule has 3 heteroatoms. The van der Waals surface area contributed by atoms with Crippen molar-refractivity contribution >= 4 is 5.91 Å². The van der Waals surface area contributed by atoms with Crippen LogP contribution in [0.3, 0.4) is 0 Å². The van der Waals surface area contributed by atoms with Crippen LogP contribution in [0.15, 0.2) is 11.6 Å². The summed E-state index contributed by atoms with van der Waals surface area (Å²) in [5.41, 5.74) is 1.32. The quantitative estimate of drug-likeness (QED) is 0.739. The molecule has 3 unspecified atom stereocenters. The minimum absolute atomic E-state index is 0.325. The zero-order chi connectivity index (χ0) is 15.4. The van der Waals surface area contributed by atoms with E-state index in [9.17, 15) is 4.79 Å². The minimum atomic E-state index is 0.325. The molecule has 0 N–H and O–H groups in total. The second kappa shape index (κ2) is 7.11. The third kappa shape index (κ3) is 3.87. The van der Waals surface area contributed by atoms with E-state index in [4.69, 9.17) is 5.26 Å². The maximum atomic E-state index is 12.4. The smallest absolute Gasteiger partial charge is 0.223 e. The number of hydrogen-bond acceptors (Lipinski definition) is 2. The molecule has 0 aromatic carbocycles. The fourth-order valence-electron chi connectivity index (χ4n) is 3.92. The van der Waals surface area contributed by atoms with Crippen LogP contribution in [-0.4, -0.2) is 23.9 Å². The van der Waals surface area contributed by atoms with Crippen LogP contribution in [0.2, 0.25) is 0 Å². The second-order valence-corrected chi connectivity index (χ2v) is 7.07. The minimum Gasteiger partial charge on any atom is -0.343 e. The Bertz CT molecular complexity index is 441. The number of allylic oxidation sites excluding steroid dienone is 2. The van der Waals surface area contributed by atoms with Crippen molar-refractivity contribution in [2.24, 2.45) is 23.7 Å². The van der Waals surface area contributed by atoms with Crippen LogP contribution in [0.25, 0.3) is 0 Å². The Morgan fingerprint density at radius 3 is 2.67 bits per heavy atom. The highest BCUT2D eigenvalue weighted by Gasteiger charge is 2.33. The van der Waals surface area contributed by atoms with Crippen molar-refractivity contribution in [3.63, 3.8) is 0 Å². The molecule has 1 heterocycles. The normalized spacial score (nSPS) is 29.4. The van der Waals surface area contributed by atoms with Gasteiger partial charge in [0.15, 0.2) is 0 Å². The summed E-state index contributed by atoms with van der Waals surface area (Å²) in [7, 11) is 0. The summed E-state index contributed by atoms with van der Waals surface area (Å²) in [6.07, 6.45) is 6.91. The first kappa shape index (κ1) is 16.1. The van der Waals surface area contributed by atoms with E-state index >= 15 is 0 Å². The van der Waals surface area contributed by atoms with Gasteiger partial charge in [0.25, 0.3) is 0 Å². The molecular formula is C18H28N2O. The highest BCUT2D eigenvalue weighted by Crippen LogP contribution is 2.40. The second-order valence-electron chi connectivity index (χ2n) is 7.07. The van der Waals surface area contributed by atoms with Crippen molar-refractivity contribution in [2.75, 3.05) is 13.1 Å². The van der Waals surface area contributed by atoms with Gasteiger partial charge in [-0.25, -0.2) is 0 Å². The maximum Gasteiger partial charge on any atom is 0.223 e. The van der Waals surface area contributed by atoms with E-state index in [1.54, 1.807) is 0 Å². The molecule has 0 aromatic rings. The van der Waals surface area contributed by atoms with E-state index in [0.717, 1.165) is 32.4 Å². The largest absolute Gasteiger partial charge is 0.343 e. The van der Waals surface area contributed by atoms with Gasteiger partial charge >= 0.3 is 0 Å². The number of rotatable bonds is 4. The summed E-state index contributed by atoms with van der Waals surface area (Å²) in [6, 6.07) is 2.32. The number of carbonyl (C=O) groups excluding carboxylic acids is 1. The van der Waals surface area contributed by atoms with Crippen LogP contribution in [-0.2, 0) is 4.79 Å². The molecular weight excluding hydrogens is 260 g/mol. The van der Waals surface area contributed by atoms with Crippen LogP contribution in [0.5, 0.6) is 0 Å². The van der Waals surface area contributed by atoms with E-state index in [0.29, 0.717) is 42.4 Å². The van der Waals surface area contributed by atoms with Gasteiger partial charge in [0.1, 0.15) is 0 Å². The lowest BCUT2D eigenvalue weighted by Gasteiger charge is -2.36. The van der Waals surface area contributed by atoms with Crippen LogP contribution in [0, 0.1) is 35.0 Å². The average molecular weight is 288 g/mol. The van der Waals surface area contributed by atoms with Crippen molar-refractivity contribution in [1.82, 2.24) is 4.90 Å². The summed E-state index contributed by atoms with van der Waals surface area (Å²) < 4.78 is 0. The first-order chi connectivity index (χ1) is 10.0. The number of hydrogen-bond donors (Lipinski definition) is 0. The first-order valence-corrected chi connectivity index (χ1v) is 8.36. The third-order valence-corrected chi connectivity index (χ3v) is 5.29. The lowest BCUT2D eigenvalue weighted by Crippen LogP contribution is -2.33. The standard InChI is InChI=1S/C18H28N2O/c1-13(2)17-11-16(14(3)10-15(17)6-7-19)12-18(21)20-8-4-5-9-20/h10,13,15-17H,4-6,8-9,11-12H2,1-3H3. The van der Waals surface area contributed by atoms with Crippen LogP contribution >= 0.6 is 0 Å². The average Bonchev–Trinajstić information content (AvgIpc) is 2.95. The lowest BCUT2D eigenvalue weighted by molar-refractivity contribution is -0.131. The summed E-state index contributed by atoms with van der Waals surface area (Å²) in [5, 5.41) is 9.02. The van der Waals surface area contributed by atoms with E-state index in [1.165, 1.54) is 5.57 Å². The highest BCUT2D eigenvalue weighted by molar-refractivity contribution is 5.77. The summed E-state index contributed by atoms with van der Waals surface area (Å²) in [5.74, 6) is 2.17. The maximum absolute atomic E-state index is 12.4. The van der Waals surface area contributed by atoms with Gasteiger partial charge in [-0.2, -0.15) is 5.26 Å². The van der Waals surface area contributed by atoms with Gasteiger partial charge in [0.2, 0.25) is 5.91 Å². The summed E-state index contributed by atoms with van der Waals surface area (Å²) in [6.45, 7) is 8.51. The van der Waals surface area contributed by atoms with Crippen molar-refractivity contribution in [3.05, 3.63) is 11.6 Å². The number of carbonyl (C=O) groups is 1. The Labute approximate surface area is 129 Å². The fraction of sp³-hybridized carbons (Fsp3) is 0.778. The molecule has 0 spiro atoms. The molecule has 0 saturated carbocycles. The molecule has 3 nitrogen and oxygen atoms in total. The molecule has 1 fully saturated rings. The Kier molecular flexibility index (Phi) is 5.45. The molecule has 2 aliphatic rings. The number of nitrogens with zero attached hydrogens (tertiary/aromatic N) is 2. The predicted molar refractivity (Wildman–Crippen MR) is 84.3 cm³/mol. The van der Waals surface area contributed by atoms with Crippen LogP contribution < -0.4 is 0 Å². The van der Waals surface area contributed by atoms with E-state index in [2.05, 4.69) is 32.9 Å². The Balaban J connectivity index is 2.04. The fourth-order valence-corrected chi connectivity index (χ4v) is 3.92. The predicted octanol–water partition coefficient (Wildman–Crippen LogP) is 3.77. The third-order valence-electron chi connectivity index (χ3n) is 5.29. The first-order valence-electron chi connectivity index (χ1n) is 8.36. The topological polar surface area (TPSA) is 44.1 Å². The van der Waals surface area contributed by atoms with Crippen LogP contribution in [0.1, 0.15) is 52.9 Å². The van der Waals surface area contributed by atoms with Gasteiger partial charge in [-0.3, -0.25) is 4.79 Å². The molecule has 2 rings (SSSR count). The van der Waals surface area contributed by atoms with Gasteiger partial charge in [-0.15, -0.1) is 0 Å². The molecule has 0 radical (unpaired) electrons. The van der Waals surface area contributed by atoms with Crippen molar-refractivity contribution in [2.45, 2.75) is 52.9 Å². The molecule has 3 atom stereocenters. The number of amides is 1. The molecule has 21 heavy (non-hydrogen) atoms. The van der Waals surface area contributed by atoms with Gasteiger partial charge in [-0.05, 0) is 49.9 Å². The summed E-state index contributed by atoms with van der Waals surface area (Å²) >= 11 is 0. The van der Waals surface area contributed by atoms with E-state index in [1.807, 2.05) is 4.90 Å². The van der Waals surface area contributed by atoms with Gasteiger partial charge in [-0.1, -0.05) is 25.5 Å². The van der Waals surface area contributed by atoms with Crippen molar-refractivity contribution in [1.29, 1.82) is 5.26 Å². The number of nitriles is 1. The Hall–Kier alpha value is -1.30. The van der Waals surface area contributed by atoms with Gasteiger partial charge in [0.05, 0.1) is 6.07 Å². The van der Waals surface area contributed by atoms with Crippen LogP contribution in [0.4, 0.5) is 0 Å². The Morgan fingerprint density at radius 2 is 2.10 bits per heavy atom. The monoisotopic (exact) mass is 288 g/mol. The summed E-state index contributed by atoms with van der Waals surface area (Å²) in [4.78, 5) is 14.4. The Morgan fingerprint density at radius 1 is 1.43 bits per heavy atom. The SMILES string of the molecule is CC1=CC(CC#N)C(C(C)C)CC1CC(=O)N1CCCC1. The highest BCUT2D eigenvalue weighted by atomic mass is 16.2. The van der Waals surface area contributed by atoms with E-state index in [-0.39, 0.29) is 0 Å². The molecule has 0 bridgehead atoms. The van der Waals surface area contributed by atoms with E-state index < -0.39 is 0 Å². The van der Waals surface area contributed by atoms with Gasteiger partial charge < -0.3 is 4.90 Å². The number of likely N-dealkylation sites (tertiary alicyclic amines) is 1. The molecule has 116 valence electrons. The van der Waals surface area contributed by atoms with Crippen molar-refractivity contribution < 1.29 is 4.79 Å². The molecule has 1 aliphatic heterocycles. The molecule has 1 amide bonds.